The number of hydrogen-bond donors (Lipinski definition) is 1. The molecule has 0 spiro atoms. The molecule has 1 aliphatic heterocycles. The highest BCUT2D eigenvalue weighted by atomic mass is 32.1. The van der Waals surface area contributed by atoms with Crippen LogP contribution in [0.2, 0.25) is 0 Å². The minimum atomic E-state index is 0.00442. The predicted octanol–water partition coefficient (Wildman–Crippen LogP) is 2.00. The van der Waals surface area contributed by atoms with Gasteiger partial charge in [-0.05, 0) is 31.9 Å². The lowest BCUT2D eigenvalue weighted by Gasteiger charge is -2.31. The van der Waals surface area contributed by atoms with Crippen molar-refractivity contribution in [2.24, 2.45) is 5.92 Å². The van der Waals surface area contributed by atoms with Crippen LogP contribution >= 0.6 is 11.3 Å². The molecule has 0 radical (unpaired) electrons. The van der Waals surface area contributed by atoms with E-state index < -0.39 is 0 Å². The minimum absolute atomic E-state index is 0.00442. The van der Waals surface area contributed by atoms with E-state index in [9.17, 15) is 14.4 Å². The summed E-state index contributed by atoms with van der Waals surface area (Å²) in [7, 11) is 1.64. The summed E-state index contributed by atoms with van der Waals surface area (Å²) in [5.74, 6) is 0.101. The number of nitrogens with one attached hydrogen (secondary N) is 1. The number of thiophene rings is 1. The number of carbonyl (C=O) groups is 3. The van der Waals surface area contributed by atoms with Gasteiger partial charge in [0, 0.05) is 43.8 Å². The van der Waals surface area contributed by atoms with Gasteiger partial charge in [-0.25, -0.2) is 0 Å². The van der Waals surface area contributed by atoms with Gasteiger partial charge in [0.05, 0.1) is 4.88 Å². The lowest BCUT2D eigenvalue weighted by Crippen LogP contribution is -2.42. The first kappa shape index (κ1) is 16.7. The van der Waals surface area contributed by atoms with Gasteiger partial charge in [0.1, 0.15) is 0 Å². The molecule has 0 aliphatic carbocycles. The van der Waals surface area contributed by atoms with Gasteiger partial charge >= 0.3 is 0 Å². The summed E-state index contributed by atoms with van der Waals surface area (Å²) in [6, 6.07) is 3.74. The van der Waals surface area contributed by atoms with Crippen LogP contribution in [0.15, 0.2) is 12.1 Å². The van der Waals surface area contributed by atoms with Crippen molar-refractivity contribution in [1.82, 2.24) is 10.2 Å². The molecule has 0 bridgehead atoms. The third kappa shape index (κ3) is 4.16. The highest BCUT2D eigenvalue weighted by Gasteiger charge is 2.26. The van der Waals surface area contributed by atoms with E-state index in [-0.39, 0.29) is 36.4 Å². The Morgan fingerprint density at radius 3 is 2.45 bits per heavy atom. The SMILES string of the molecule is CNC(=O)C1CCN(C(=O)CCC(=O)c2ccc(C)s2)CC1. The van der Waals surface area contributed by atoms with Crippen molar-refractivity contribution in [1.29, 1.82) is 0 Å². The van der Waals surface area contributed by atoms with Gasteiger partial charge in [0.25, 0.3) is 0 Å². The maximum atomic E-state index is 12.2. The van der Waals surface area contributed by atoms with E-state index in [0.717, 1.165) is 9.75 Å². The number of likely N-dealkylation sites (tertiary alicyclic amines) is 1. The van der Waals surface area contributed by atoms with E-state index in [0.29, 0.717) is 25.9 Å². The van der Waals surface area contributed by atoms with Gasteiger partial charge in [-0.15, -0.1) is 11.3 Å². The van der Waals surface area contributed by atoms with Crippen LogP contribution in [-0.4, -0.2) is 42.6 Å². The van der Waals surface area contributed by atoms with Crippen molar-refractivity contribution in [3.63, 3.8) is 0 Å². The average Bonchev–Trinajstić information content (AvgIpc) is 2.98. The Morgan fingerprint density at radius 1 is 1.23 bits per heavy atom. The standard InChI is InChI=1S/C16H22N2O3S/c1-11-3-5-14(22-11)13(19)4-6-15(20)18-9-7-12(8-10-18)16(21)17-2/h3,5,12H,4,6-10H2,1-2H3,(H,17,21). The fraction of sp³-hybridized carbons (Fsp3) is 0.562. The number of Topliss-reactive ketones (excluding diaryl/α,β-unsaturated/α-hetero) is 1. The van der Waals surface area contributed by atoms with E-state index in [2.05, 4.69) is 5.32 Å². The Morgan fingerprint density at radius 2 is 1.91 bits per heavy atom. The number of aryl methyl sites for hydroxylation is 1. The molecule has 1 saturated heterocycles. The summed E-state index contributed by atoms with van der Waals surface area (Å²) >= 11 is 1.47. The quantitative estimate of drug-likeness (QED) is 0.843. The molecule has 1 fully saturated rings. The zero-order valence-corrected chi connectivity index (χ0v) is 13.9. The number of hydrogen-bond acceptors (Lipinski definition) is 4. The second-order valence-electron chi connectivity index (χ2n) is 5.60. The zero-order valence-electron chi connectivity index (χ0n) is 13.1. The van der Waals surface area contributed by atoms with Crippen LogP contribution in [0.1, 0.15) is 40.2 Å². The molecule has 2 heterocycles. The number of piperidine rings is 1. The molecule has 22 heavy (non-hydrogen) atoms. The maximum Gasteiger partial charge on any atom is 0.223 e. The largest absolute Gasteiger partial charge is 0.359 e. The van der Waals surface area contributed by atoms with Crippen LogP contribution in [0, 0.1) is 12.8 Å². The normalized spacial score (nSPS) is 15.6. The van der Waals surface area contributed by atoms with E-state index in [1.54, 1.807) is 11.9 Å². The first-order valence-corrected chi connectivity index (χ1v) is 8.42. The Labute approximate surface area is 134 Å². The lowest BCUT2D eigenvalue weighted by atomic mass is 9.95. The molecule has 1 aliphatic rings. The Bertz CT molecular complexity index is 559. The summed E-state index contributed by atoms with van der Waals surface area (Å²) < 4.78 is 0. The third-order valence-electron chi connectivity index (χ3n) is 4.05. The Hall–Kier alpha value is -1.69. The second kappa shape index (κ2) is 7.54. The van der Waals surface area contributed by atoms with Gasteiger partial charge < -0.3 is 10.2 Å². The van der Waals surface area contributed by atoms with Gasteiger partial charge in [0.2, 0.25) is 11.8 Å². The van der Waals surface area contributed by atoms with Crippen molar-refractivity contribution in [2.45, 2.75) is 32.6 Å². The molecule has 5 nitrogen and oxygen atoms in total. The van der Waals surface area contributed by atoms with Gasteiger partial charge in [-0.1, -0.05) is 0 Å². The van der Waals surface area contributed by atoms with Crippen molar-refractivity contribution >= 4 is 28.9 Å². The topological polar surface area (TPSA) is 66.5 Å². The molecule has 1 aromatic rings. The van der Waals surface area contributed by atoms with E-state index in [4.69, 9.17) is 0 Å². The summed E-state index contributed by atoms with van der Waals surface area (Å²) in [6.45, 7) is 3.16. The molecular formula is C16H22N2O3S. The minimum Gasteiger partial charge on any atom is -0.359 e. The Kier molecular flexibility index (Phi) is 5.71. The van der Waals surface area contributed by atoms with E-state index in [1.807, 2.05) is 19.1 Å². The van der Waals surface area contributed by atoms with Crippen LogP contribution in [0.25, 0.3) is 0 Å². The summed E-state index contributed by atoms with van der Waals surface area (Å²) in [5.41, 5.74) is 0. The monoisotopic (exact) mass is 322 g/mol. The molecule has 2 rings (SSSR count). The summed E-state index contributed by atoms with van der Waals surface area (Å²) in [6.07, 6.45) is 1.90. The molecule has 1 N–H and O–H groups in total. The maximum absolute atomic E-state index is 12.2. The molecule has 0 aromatic carbocycles. The van der Waals surface area contributed by atoms with Crippen LogP contribution < -0.4 is 5.32 Å². The van der Waals surface area contributed by atoms with E-state index >= 15 is 0 Å². The molecule has 6 heteroatoms. The van der Waals surface area contributed by atoms with Crippen molar-refractivity contribution in [2.75, 3.05) is 20.1 Å². The smallest absolute Gasteiger partial charge is 0.223 e. The van der Waals surface area contributed by atoms with Crippen LogP contribution in [0.5, 0.6) is 0 Å². The van der Waals surface area contributed by atoms with Crippen molar-refractivity contribution in [3.8, 4) is 0 Å². The number of ketones is 1. The molecule has 0 unspecified atom stereocenters. The third-order valence-corrected chi connectivity index (χ3v) is 5.09. The van der Waals surface area contributed by atoms with E-state index in [1.165, 1.54) is 11.3 Å². The average molecular weight is 322 g/mol. The van der Waals surface area contributed by atoms with Gasteiger partial charge in [0.15, 0.2) is 5.78 Å². The van der Waals surface area contributed by atoms with Crippen LogP contribution in [0.3, 0.4) is 0 Å². The molecule has 120 valence electrons. The predicted molar refractivity (Wildman–Crippen MR) is 86.0 cm³/mol. The lowest BCUT2D eigenvalue weighted by molar-refractivity contribution is -0.135. The molecule has 0 atom stereocenters. The zero-order chi connectivity index (χ0) is 16.1. The molecule has 0 saturated carbocycles. The molecule has 1 aromatic heterocycles. The first-order chi connectivity index (χ1) is 10.5. The van der Waals surface area contributed by atoms with Gasteiger partial charge in [-0.2, -0.15) is 0 Å². The first-order valence-electron chi connectivity index (χ1n) is 7.60. The fourth-order valence-corrected chi connectivity index (χ4v) is 3.52. The Balaban J connectivity index is 1.76. The second-order valence-corrected chi connectivity index (χ2v) is 6.89. The van der Waals surface area contributed by atoms with Crippen LogP contribution in [-0.2, 0) is 9.59 Å². The highest BCUT2D eigenvalue weighted by Crippen LogP contribution is 2.20. The van der Waals surface area contributed by atoms with Crippen LogP contribution in [0.4, 0.5) is 0 Å². The fourth-order valence-electron chi connectivity index (χ4n) is 2.68. The van der Waals surface area contributed by atoms with Gasteiger partial charge in [-0.3, -0.25) is 14.4 Å². The van der Waals surface area contributed by atoms with Crippen molar-refractivity contribution in [3.05, 3.63) is 21.9 Å². The molecular weight excluding hydrogens is 300 g/mol. The molecule has 2 amide bonds. The number of nitrogens with zero attached hydrogens (tertiary/aromatic N) is 1. The number of amides is 2. The summed E-state index contributed by atoms with van der Waals surface area (Å²) in [4.78, 5) is 39.3. The van der Waals surface area contributed by atoms with Crippen molar-refractivity contribution < 1.29 is 14.4 Å². The summed E-state index contributed by atoms with van der Waals surface area (Å²) in [5, 5.41) is 2.65. The number of carbonyl (C=O) groups excluding carboxylic acids is 3. The number of rotatable bonds is 5. The highest BCUT2D eigenvalue weighted by molar-refractivity contribution is 7.14.